The third kappa shape index (κ3) is 3.03. The molecule has 1 aromatic carbocycles. The number of nitrogens with two attached hydrogens (primary N) is 1. The number of halogens is 1. The van der Waals surface area contributed by atoms with E-state index in [0.717, 1.165) is 28.5 Å². The second-order valence-electron chi connectivity index (χ2n) is 4.07. The molecular weight excluding hydrogens is 246 g/mol. The van der Waals surface area contributed by atoms with Crippen molar-refractivity contribution < 1.29 is 4.42 Å². The van der Waals surface area contributed by atoms with Gasteiger partial charge in [-0.05, 0) is 48.9 Å². The number of hydrogen-bond acceptors (Lipinski definition) is 2. The molecule has 94 valence electrons. The van der Waals surface area contributed by atoms with E-state index in [0.29, 0.717) is 6.54 Å². The first-order valence-electron chi connectivity index (χ1n) is 5.98. The van der Waals surface area contributed by atoms with E-state index in [1.54, 1.807) is 0 Å². The average Bonchev–Trinajstić information content (AvgIpc) is 2.85. The van der Waals surface area contributed by atoms with Crippen LogP contribution in [0.4, 0.5) is 0 Å². The fourth-order valence-electron chi connectivity index (χ4n) is 1.71. The summed E-state index contributed by atoms with van der Waals surface area (Å²) in [5.41, 5.74) is 7.83. The number of rotatable bonds is 4. The highest BCUT2D eigenvalue weighted by Crippen LogP contribution is 2.24. The molecule has 2 nitrogen and oxygen atoms in total. The van der Waals surface area contributed by atoms with Crippen molar-refractivity contribution in [3.63, 3.8) is 0 Å². The SMILES string of the molecule is CCC(=Cc1ccc(-c2ccc(Cl)cc2)o1)CN. The maximum absolute atomic E-state index is 5.86. The highest BCUT2D eigenvalue weighted by Gasteiger charge is 2.03. The Bertz CT molecular complexity index is 534. The third-order valence-electron chi connectivity index (χ3n) is 2.82. The fraction of sp³-hybridized carbons (Fsp3) is 0.200. The van der Waals surface area contributed by atoms with Crippen LogP contribution in [0.5, 0.6) is 0 Å². The second kappa shape index (κ2) is 5.89. The topological polar surface area (TPSA) is 39.2 Å². The van der Waals surface area contributed by atoms with Gasteiger partial charge in [0.05, 0.1) is 0 Å². The van der Waals surface area contributed by atoms with Crippen molar-refractivity contribution in [1.82, 2.24) is 0 Å². The summed E-state index contributed by atoms with van der Waals surface area (Å²) in [5.74, 6) is 1.67. The molecule has 0 radical (unpaired) electrons. The molecule has 0 bridgehead atoms. The number of hydrogen-bond donors (Lipinski definition) is 1. The highest BCUT2D eigenvalue weighted by molar-refractivity contribution is 6.30. The predicted molar refractivity (Wildman–Crippen MR) is 76.5 cm³/mol. The van der Waals surface area contributed by atoms with Crippen LogP contribution in [0.15, 0.2) is 46.4 Å². The van der Waals surface area contributed by atoms with Crippen molar-refractivity contribution in [2.45, 2.75) is 13.3 Å². The van der Waals surface area contributed by atoms with Crippen molar-refractivity contribution in [2.24, 2.45) is 5.73 Å². The van der Waals surface area contributed by atoms with Crippen molar-refractivity contribution in [2.75, 3.05) is 6.54 Å². The maximum Gasteiger partial charge on any atom is 0.134 e. The molecule has 0 aliphatic carbocycles. The quantitative estimate of drug-likeness (QED) is 0.889. The zero-order chi connectivity index (χ0) is 13.0. The van der Waals surface area contributed by atoms with Gasteiger partial charge in [-0.25, -0.2) is 0 Å². The van der Waals surface area contributed by atoms with Gasteiger partial charge in [-0.15, -0.1) is 0 Å². The van der Waals surface area contributed by atoms with E-state index in [9.17, 15) is 0 Å². The van der Waals surface area contributed by atoms with Crippen LogP contribution >= 0.6 is 11.6 Å². The molecule has 0 atom stereocenters. The monoisotopic (exact) mass is 261 g/mol. The number of furan rings is 1. The molecule has 1 aromatic heterocycles. The van der Waals surface area contributed by atoms with Crippen LogP contribution in [0, 0.1) is 0 Å². The van der Waals surface area contributed by atoms with Crippen LogP contribution in [0.25, 0.3) is 17.4 Å². The van der Waals surface area contributed by atoms with E-state index in [4.69, 9.17) is 21.8 Å². The third-order valence-corrected chi connectivity index (χ3v) is 3.07. The van der Waals surface area contributed by atoms with Crippen LogP contribution in [-0.4, -0.2) is 6.54 Å². The Kier molecular flexibility index (Phi) is 4.24. The molecule has 2 aromatic rings. The average molecular weight is 262 g/mol. The molecule has 0 fully saturated rings. The Morgan fingerprint density at radius 3 is 2.56 bits per heavy atom. The summed E-state index contributed by atoms with van der Waals surface area (Å²) in [5, 5.41) is 0.724. The first kappa shape index (κ1) is 12.9. The van der Waals surface area contributed by atoms with Crippen LogP contribution in [-0.2, 0) is 0 Å². The molecule has 2 N–H and O–H groups in total. The van der Waals surface area contributed by atoms with Gasteiger partial charge in [0, 0.05) is 17.1 Å². The van der Waals surface area contributed by atoms with Crippen LogP contribution in [0.3, 0.4) is 0 Å². The van der Waals surface area contributed by atoms with Crippen molar-refractivity contribution in [3.8, 4) is 11.3 Å². The van der Waals surface area contributed by atoms with E-state index in [2.05, 4.69) is 6.92 Å². The second-order valence-corrected chi connectivity index (χ2v) is 4.51. The maximum atomic E-state index is 5.86. The summed E-state index contributed by atoms with van der Waals surface area (Å²) in [6, 6.07) is 11.5. The summed E-state index contributed by atoms with van der Waals surface area (Å²) < 4.78 is 5.77. The first-order valence-corrected chi connectivity index (χ1v) is 6.36. The lowest BCUT2D eigenvalue weighted by Gasteiger charge is -1.99. The standard InChI is InChI=1S/C15H16ClNO/c1-2-11(10-17)9-14-7-8-15(18-14)12-3-5-13(16)6-4-12/h3-9H,2,10,17H2,1H3. The van der Waals surface area contributed by atoms with Gasteiger partial charge in [-0.3, -0.25) is 0 Å². The largest absolute Gasteiger partial charge is 0.457 e. The summed E-state index contributed by atoms with van der Waals surface area (Å²) in [6.45, 7) is 2.65. The Morgan fingerprint density at radius 1 is 1.22 bits per heavy atom. The molecule has 0 aliphatic heterocycles. The summed E-state index contributed by atoms with van der Waals surface area (Å²) in [7, 11) is 0. The molecule has 0 saturated carbocycles. The fourth-order valence-corrected chi connectivity index (χ4v) is 1.83. The molecule has 0 saturated heterocycles. The van der Waals surface area contributed by atoms with Crippen LogP contribution in [0.2, 0.25) is 5.02 Å². The van der Waals surface area contributed by atoms with E-state index >= 15 is 0 Å². The summed E-state index contributed by atoms with van der Waals surface area (Å²) in [6.07, 6.45) is 2.94. The highest BCUT2D eigenvalue weighted by atomic mass is 35.5. The molecular formula is C15H16ClNO. The first-order chi connectivity index (χ1) is 8.72. The van der Waals surface area contributed by atoms with E-state index < -0.39 is 0 Å². The zero-order valence-corrected chi connectivity index (χ0v) is 11.1. The van der Waals surface area contributed by atoms with Gasteiger partial charge in [-0.1, -0.05) is 24.1 Å². The summed E-state index contributed by atoms with van der Waals surface area (Å²) >= 11 is 5.86. The van der Waals surface area contributed by atoms with Gasteiger partial charge < -0.3 is 10.2 Å². The number of benzene rings is 1. The lowest BCUT2D eigenvalue weighted by molar-refractivity contribution is 0.571. The van der Waals surface area contributed by atoms with Crippen molar-refractivity contribution >= 4 is 17.7 Å². The molecule has 0 amide bonds. The zero-order valence-electron chi connectivity index (χ0n) is 10.3. The van der Waals surface area contributed by atoms with Gasteiger partial charge in [0.15, 0.2) is 0 Å². The molecule has 1 heterocycles. The molecule has 2 rings (SSSR count). The Morgan fingerprint density at radius 2 is 1.94 bits per heavy atom. The predicted octanol–water partition coefficient (Wildman–Crippen LogP) is 4.35. The van der Waals surface area contributed by atoms with Crippen molar-refractivity contribution in [1.29, 1.82) is 0 Å². The molecule has 0 aliphatic rings. The van der Waals surface area contributed by atoms with Crippen LogP contribution < -0.4 is 5.73 Å². The Labute approximate surface area is 112 Å². The molecule has 0 unspecified atom stereocenters. The minimum atomic E-state index is 0.563. The minimum absolute atomic E-state index is 0.563. The molecule has 3 heteroatoms. The van der Waals surface area contributed by atoms with E-state index in [-0.39, 0.29) is 0 Å². The van der Waals surface area contributed by atoms with Crippen LogP contribution in [0.1, 0.15) is 19.1 Å². The van der Waals surface area contributed by atoms with E-state index in [1.807, 2.05) is 42.5 Å². The van der Waals surface area contributed by atoms with E-state index in [1.165, 1.54) is 5.57 Å². The lowest BCUT2D eigenvalue weighted by atomic mass is 10.2. The molecule has 0 spiro atoms. The smallest absolute Gasteiger partial charge is 0.134 e. The van der Waals surface area contributed by atoms with Gasteiger partial charge in [0.1, 0.15) is 11.5 Å². The van der Waals surface area contributed by atoms with Crippen molar-refractivity contribution in [3.05, 3.63) is 52.8 Å². The van der Waals surface area contributed by atoms with Gasteiger partial charge >= 0.3 is 0 Å². The van der Waals surface area contributed by atoms with Gasteiger partial charge in [0.25, 0.3) is 0 Å². The Hall–Kier alpha value is -1.51. The minimum Gasteiger partial charge on any atom is -0.457 e. The summed E-state index contributed by atoms with van der Waals surface area (Å²) in [4.78, 5) is 0. The lowest BCUT2D eigenvalue weighted by Crippen LogP contribution is -2.01. The Balaban J connectivity index is 2.25. The normalized spacial score (nSPS) is 11.8. The van der Waals surface area contributed by atoms with Gasteiger partial charge in [0.2, 0.25) is 0 Å². The molecule has 18 heavy (non-hydrogen) atoms. The van der Waals surface area contributed by atoms with Gasteiger partial charge in [-0.2, -0.15) is 0 Å².